The van der Waals surface area contributed by atoms with E-state index in [2.05, 4.69) is 125 Å². The highest BCUT2D eigenvalue weighted by Crippen LogP contribution is 2.21. The highest BCUT2D eigenvalue weighted by molar-refractivity contribution is 5.10. The number of allylic oxidation sites excluding steroid dienone is 17. The van der Waals surface area contributed by atoms with Gasteiger partial charge in [-0.1, -0.05) is 112 Å². The molecule has 0 saturated heterocycles. The summed E-state index contributed by atoms with van der Waals surface area (Å²) in [4.78, 5) is 0. The van der Waals surface area contributed by atoms with Gasteiger partial charge in [0.2, 0.25) is 0 Å². The van der Waals surface area contributed by atoms with Crippen LogP contribution in [0.25, 0.3) is 0 Å². The summed E-state index contributed by atoms with van der Waals surface area (Å²) in [5, 5.41) is 19.8. The zero-order valence-electron chi connectivity index (χ0n) is 36.2. The summed E-state index contributed by atoms with van der Waals surface area (Å²) in [6.45, 7) is 24.6. The molecule has 2 heteroatoms. The van der Waals surface area contributed by atoms with Crippen molar-refractivity contribution in [3.8, 4) is 0 Å². The van der Waals surface area contributed by atoms with Crippen LogP contribution < -0.4 is 0 Å². The molecule has 0 rings (SSSR count). The molecular formula is C50H84O2. The lowest BCUT2D eigenvalue weighted by atomic mass is 9.93. The molecule has 0 radical (unpaired) electrons. The predicted molar refractivity (Wildman–Crippen MR) is 235 cm³/mol. The molecule has 0 spiro atoms. The zero-order chi connectivity index (χ0) is 39.1. The second-order valence-corrected chi connectivity index (χ2v) is 16.3. The van der Waals surface area contributed by atoms with Gasteiger partial charge in [-0.15, -0.1) is 0 Å². The van der Waals surface area contributed by atoms with Crippen LogP contribution in [0.3, 0.4) is 0 Å². The highest BCUT2D eigenvalue weighted by Gasteiger charge is 2.13. The summed E-state index contributed by atoms with van der Waals surface area (Å²) in [7, 11) is 0. The molecule has 0 saturated carbocycles. The standard InChI is InChI=1S/C50H84O2/c1-40(2)20-12-21-41(3)22-13-23-42(4)28-16-29-46(8)34-19-35-49(11)50(52)37-36-47(9)32-17-30-44(6)26-14-24-43(5)25-15-27-45(7)31-18-33-48(10)38-39-51/h20,22,25-26,28,31-32,34,38,49-52H,12-19,21,23-24,27,29-30,33,35-37,39H2,1-11H3/b41-22+,42-28+,43-25+,44-26+,45-31+,46-34+,47-32+,48-38+. The first-order valence-electron chi connectivity index (χ1n) is 20.9. The Bertz CT molecular complexity index is 1230. The number of hydrogen-bond acceptors (Lipinski definition) is 2. The van der Waals surface area contributed by atoms with Crippen molar-refractivity contribution in [1.29, 1.82) is 0 Å². The third kappa shape index (κ3) is 31.1. The van der Waals surface area contributed by atoms with Gasteiger partial charge < -0.3 is 10.2 Å². The van der Waals surface area contributed by atoms with Crippen molar-refractivity contribution in [1.82, 2.24) is 0 Å². The Morgan fingerprint density at radius 3 is 0.942 bits per heavy atom. The van der Waals surface area contributed by atoms with E-state index in [1.807, 2.05) is 6.08 Å². The van der Waals surface area contributed by atoms with Crippen molar-refractivity contribution in [2.24, 2.45) is 5.92 Å². The first-order valence-corrected chi connectivity index (χ1v) is 20.9. The van der Waals surface area contributed by atoms with E-state index in [1.54, 1.807) is 0 Å². The Balaban J connectivity index is 4.27. The fourth-order valence-corrected chi connectivity index (χ4v) is 6.28. The van der Waals surface area contributed by atoms with Crippen molar-refractivity contribution in [2.45, 2.75) is 198 Å². The summed E-state index contributed by atoms with van der Waals surface area (Å²) in [5.74, 6) is 0.329. The average Bonchev–Trinajstić information content (AvgIpc) is 3.07. The van der Waals surface area contributed by atoms with Crippen LogP contribution in [-0.2, 0) is 0 Å². The van der Waals surface area contributed by atoms with Crippen LogP contribution in [0, 0.1) is 5.92 Å². The van der Waals surface area contributed by atoms with E-state index in [4.69, 9.17) is 5.11 Å². The molecule has 2 unspecified atom stereocenters. The molecule has 0 amide bonds. The van der Waals surface area contributed by atoms with E-state index < -0.39 is 0 Å². The van der Waals surface area contributed by atoms with E-state index in [0.29, 0.717) is 5.92 Å². The van der Waals surface area contributed by atoms with Gasteiger partial charge in [0.05, 0.1) is 12.7 Å². The molecular weight excluding hydrogens is 633 g/mol. The molecule has 0 aliphatic heterocycles. The summed E-state index contributed by atoms with van der Waals surface area (Å²) in [6.07, 6.45) is 40.4. The van der Waals surface area contributed by atoms with Crippen molar-refractivity contribution in [2.75, 3.05) is 6.61 Å². The van der Waals surface area contributed by atoms with E-state index in [1.165, 1.54) is 56.6 Å². The van der Waals surface area contributed by atoms with E-state index in [0.717, 1.165) is 109 Å². The molecule has 0 aromatic heterocycles. The average molecular weight is 717 g/mol. The van der Waals surface area contributed by atoms with Gasteiger partial charge in [0, 0.05) is 0 Å². The SMILES string of the molecule is CC(C)=CCC/C(C)=C/CC/C(C)=C/CC/C(C)=C/CCC(C)C(O)CC/C(C)=C/CC/C(C)=C/CC/C(C)=C/CC/C(C)=C/CC/C(C)=C/CO. The number of hydrogen-bond donors (Lipinski definition) is 2. The minimum absolute atomic E-state index is 0.143. The first kappa shape index (κ1) is 49.6. The van der Waals surface area contributed by atoms with Crippen LogP contribution in [0.15, 0.2) is 105 Å². The fraction of sp³-hybridized carbons (Fsp3) is 0.640. The molecule has 0 aliphatic rings. The third-order valence-corrected chi connectivity index (χ3v) is 10.3. The molecule has 2 N–H and O–H groups in total. The van der Waals surface area contributed by atoms with Gasteiger partial charge in [-0.3, -0.25) is 0 Å². The maximum atomic E-state index is 10.8. The van der Waals surface area contributed by atoms with Crippen molar-refractivity contribution in [3.63, 3.8) is 0 Å². The van der Waals surface area contributed by atoms with E-state index in [-0.39, 0.29) is 12.7 Å². The van der Waals surface area contributed by atoms with Crippen LogP contribution in [0.4, 0.5) is 0 Å². The predicted octanol–water partition coefficient (Wildman–Crippen LogP) is 15.5. The Labute approximate surface area is 324 Å². The largest absolute Gasteiger partial charge is 0.393 e. The number of aliphatic hydroxyl groups excluding tert-OH is 2. The molecule has 52 heavy (non-hydrogen) atoms. The fourth-order valence-electron chi connectivity index (χ4n) is 6.28. The molecule has 0 aromatic rings. The van der Waals surface area contributed by atoms with Crippen LogP contribution >= 0.6 is 0 Å². The minimum atomic E-state index is -0.227. The molecule has 0 aromatic carbocycles. The lowest BCUT2D eigenvalue weighted by Crippen LogP contribution is -2.17. The molecule has 2 atom stereocenters. The quantitative estimate of drug-likeness (QED) is 0.0757. The third-order valence-electron chi connectivity index (χ3n) is 10.3. The van der Waals surface area contributed by atoms with Gasteiger partial charge in [0.25, 0.3) is 0 Å². The van der Waals surface area contributed by atoms with Gasteiger partial charge in [0.15, 0.2) is 0 Å². The van der Waals surface area contributed by atoms with E-state index >= 15 is 0 Å². The first-order chi connectivity index (χ1) is 24.7. The minimum Gasteiger partial charge on any atom is -0.393 e. The lowest BCUT2D eigenvalue weighted by Gasteiger charge is -2.18. The maximum absolute atomic E-state index is 10.8. The van der Waals surface area contributed by atoms with E-state index in [9.17, 15) is 5.11 Å². The van der Waals surface area contributed by atoms with Crippen molar-refractivity contribution < 1.29 is 10.2 Å². The maximum Gasteiger partial charge on any atom is 0.0614 e. The molecule has 0 bridgehead atoms. The van der Waals surface area contributed by atoms with Crippen LogP contribution in [0.5, 0.6) is 0 Å². The lowest BCUT2D eigenvalue weighted by molar-refractivity contribution is 0.104. The van der Waals surface area contributed by atoms with Gasteiger partial charge in [0.1, 0.15) is 0 Å². The summed E-state index contributed by atoms with van der Waals surface area (Å²) in [5.41, 5.74) is 13.0. The molecule has 0 aliphatic carbocycles. The topological polar surface area (TPSA) is 40.5 Å². The second kappa shape index (κ2) is 32.0. The molecule has 0 heterocycles. The van der Waals surface area contributed by atoms with Gasteiger partial charge in [-0.05, 0) is 191 Å². The second-order valence-electron chi connectivity index (χ2n) is 16.3. The summed E-state index contributed by atoms with van der Waals surface area (Å²) >= 11 is 0. The molecule has 2 nitrogen and oxygen atoms in total. The smallest absolute Gasteiger partial charge is 0.0614 e. The number of aliphatic hydroxyl groups is 2. The van der Waals surface area contributed by atoms with Gasteiger partial charge in [-0.2, -0.15) is 0 Å². The number of rotatable bonds is 29. The van der Waals surface area contributed by atoms with Crippen LogP contribution in [0.2, 0.25) is 0 Å². The Hall–Kier alpha value is -2.42. The molecule has 0 fully saturated rings. The normalized spacial score (nSPS) is 15.7. The monoisotopic (exact) mass is 717 g/mol. The van der Waals surface area contributed by atoms with Gasteiger partial charge >= 0.3 is 0 Å². The molecule has 296 valence electrons. The summed E-state index contributed by atoms with van der Waals surface area (Å²) in [6, 6.07) is 0. The van der Waals surface area contributed by atoms with Gasteiger partial charge in [-0.25, -0.2) is 0 Å². The Kier molecular flexibility index (Phi) is 30.6. The Morgan fingerprint density at radius 2 is 0.635 bits per heavy atom. The summed E-state index contributed by atoms with van der Waals surface area (Å²) < 4.78 is 0. The van der Waals surface area contributed by atoms with Crippen molar-refractivity contribution >= 4 is 0 Å². The highest BCUT2D eigenvalue weighted by atomic mass is 16.3. The van der Waals surface area contributed by atoms with Crippen molar-refractivity contribution in [3.05, 3.63) is 105 Å². The zero-order valence-corrected chi connectivity index (χ0v) is 36.2. The van der Waals surface area contributed by atoms with Crippen LogP contribution in [0.1, 0.15) is 192 Å². The van der Waals surface area contributed by atoms with Crippen LogP contribution in [-0.4, -0.2) is 22.9 Å². The Morgan fingerprint density at radius 1 is 0.365 bits per heavy atom.